The van der Waals surface area contributed by atoms with Gasteiger partial charge in [-0.1, -0.05) is 38.8 Å². The molecule has 0 saturated heterocycles. The smallest absolute Gasteiger partial charge is 0.365 e. The predicted molar refractivity (Wildman–Crippen MR) is 116 cm³/mol. The Labute approximate surface area is 180 Å². The number of aliphatic carboxylic acids is 1. The topological polar surface area (TPSA) is 95.3 Å². The Morgan fingerprint density at radius 3 is 2.53 bits per heavy atom. The third-order valence-electron chi connectivity index (χ3n) is 5.82. The molecule has 0 aromatic carbocycles. The van der Waals surface area contributed by atoms with E-state index in [0.29, 0.717) is 37.8 Å². The maximum Gasteiger partial charge on any atom is 0.365 e. The average molecular weight is 431 g/mol. The van der Waals surface area contributed by atoms with Crippen molar-refractivity contribution < 1.29 is 19.8 Å². The highest BCUT2D eigenvalue weighted by atomic mass is 32.2. The molecule has 0 spiro atoms. The van der Waals surface area contributed by atoms with Gasteiger partial charge in [-0.15, -0.1) is 0 Å². The molecule has 1 aliphatic rings. The number of carboxylic acids is 2. The van der Waals surface area contributed by atoms with Crippen LogP contribution in [0.3, 0.4) is 0 Å². The van der Waals surface area contributed by atoms with Gasteiger partial charge in [0.25, 0.3) is 0 Å². The van der Waals surface area contributed by atoms with Gasteiger partial charge in [-0.2, -0.15) is 5.10 Å². The Hall–Kier alpha value is -2.41. The maximum absolute atomic E-state index is 12.2. The third kappa shape index (κ3) is 4.21. The summed E-state index contributed by atoms with van der Waals surface area (Å²) >= 11 is 0. The monoisotopic (exact) mass is 430 g/mol. The van der Waals surface area contributed by atoms with Crippen LogP contribution < -0.4 is 5.11 Å². The first-order valence-corrected chi connectivity index (χ1v) is 12.0. The highest BCUT2D eigenvalue weighted by molar-refractivity contribution is 7.33. The highest BCUT2D eigenvalue weighted by Crippen LogP contribution is 2.50. The van der Waals surface area contributed by atoms with Gasteiger partial charge in [0.05, 0.1) is 23.8 Å². The van der Waals surface area contributed by atoms with Crippen LogP contribution in [0.15, 0.2) is 29.7 Å². The maximum atomic E-state index is 12.2. The van der Waals surface area contributed by atoms with E-state index in [4.69, 9.17) is 0 Å². The fourth-order valence-electron chi connectivity index (χ4n) is 4.13. The van der Waals surface area contributed by atoms with Crippen molar-refractivity contribution >= 4 is 22.4 Å². The summed E-state index contributed by atoms with van der Waals surface area (Å²) in [6, 6.07) is 3.87. The largest absolute Gasteiger partial charge is 0.543 e. The number of hydrogen-bond acceptors (Lipinski definition) is 4. The summed E-state index contributed by atoms with van der Waals surface area (Å²) in [6.45, 7) is 4.70. The fraction of sp³-hybridized carbons (Fsp3) is 0.522. The van der Waals surface area contributed by atoms with Gasteiger partial charge >= 0.3 is 5.97 Å². The third-order valence-corrected chi connectivity index (χ3v) is 8.45. The Morgan fingerprint density at radius 2 is 1.93 bits per heavy atom. The van der Waals surface area contributed by atoms with Gasteiger partial charge < -0.3 is 15.0 Å². The van der Waals surface area contributed by atoms with E-state index in [1.165, 1.54) is 0 Å². The van der Waals surface area contributed by atoms with Crippen molar-refractivity contribution in [1.29, 1.82) is 0 Å². The predicted octanol–water partition coefficient (Wildman–Crippen LogP) is 3.86. The molecule has 0 fully saturated rings. The molecule has 2 aromatic rings. The summed E-state index contributed by atoms with van der Waals surface area (Å²) in [5.74, 6) is -2.00. The minimum atomic E-state index is -1.21. The minimum Gasteiger partial charge on any atom is -0.543 e. The lowest BCUT2D eigenvalue weighted by molar-refractivity contribution is -0.255. The number of aromatic carboxylic acids is 1. The molecule has 0 aliphatic heterocycles. The molecule has 2 aromatic heterocycles. The number of nitrogens with zero attached hydrogens (tertiary/aromatic N) is 2. The second-order valence-electron chi connectivity index (χ2n) is 7.90. The molecule has 2 heterocycles. The SMILES string of the molecule is CCCCc1nn(CCCC)c(C(=O)[O-])c1Cc1ccc[s+]1C1(C(=O)O)CC=CC1. The van der Waals surface area contributed by atoms with Crippen molar-refractivity contribution in [3.8, 4) is 0 Å². The van der Waals surface area contributed by atoms with E-state index in [9.17, 15) is 19.8 Å². The molecule has 6 nitrogen and oxygen atoms in total. The molecule has 3 rings (SSSR count). The summed E-state index contributed by atoms with van der Waals surface area (Å²) in [7, 11) is -0.593. The molecule has 1 aliphatic carbocycles. The highest BCUT2D eigenvalue weighted by Gasteiger charge is 2.51. The Kier molecular flexibility index (Phi) is 7.13. The first-order chi connectivity index (χ1) is 14.4. The molecule has 0 saturated carbocycles. The molecule has 0 amide bonds. The number of carbonyl (C=O) groups excluding carboxylic acids is 1. The number of carbonyl (C=O) groups is 2. The molecule has 1 unspecified atom stereocenters. The quantitative estimate of drug-likeness (QED) is 0.431. The van der Waals surface area contributed by atoms with Crippen LogP contribution in [-0.2, 0) is 28.9 Å². The van der Waals surface area contributed by atoms with Crippen LogP contribution in [0.5, 0.6) is 0 Å². The van der Waals surface area contributed by atoms with Crippen molar-refractivity contribution in [2.75, 3.05) is 0 Å². The zero-order chi connectivity index (χ0) is 21.7. The second kappa shape index (κ2) is 9.60. The number of aryl methyl sites for hydroxylation is 2. The summed E-state index contributed by atoms with van der Waals surface area (Å²) in [4.78, 5) is 25.2. The number of thiophene rings is 1. The van der Waals surface area contributed by atoms with Gasteiger partial charge in [-0.05, 0) is 41.9 Å². The number of aromatic nitrogens is 2. The number of allylic oxidation sites excluding steroid dienone is 2. The summed E-state index contributed by atoms with van der Waals surface area (Å²) in [6.07, 6.45) is 9.69. The average Bonchev–Trinajstić information content (AvgIpc) is 3.44. The van der Waals surface area contributed by atoms with E-state index in [1.54, 1.807) is 4.68 Å². The molecular weight excluding hydrogens is 400 g/mol. The van der Waals surface area contributed by atoms with Crippen LogP contribution in [0, 0.1) is 0 Å². The normalized spacial score (nSPS) is 15.6. The number of rotatable bonds is 11. The molecule has 30 heavy (non-hydrogen) atoms. The van der Waals surface area contributed by atoms with Gasteiger partial charge in [0.2, 0.25) is 4.75 Å². The van der Waals surface area contributed by atoms with Crippen molar-refractivity contribution in [1.82, 2.24) is 9.78 Å². The zero-order valence-electron chi connectivity index (χ0n) is 17.7. The van der Waals surface area contributed by atoms with E-state index in [1.807, 2.05) is 29.7 Å². The number of unbranched alkanes of at least 4 members (excludes halogenated alkanes) is 2. The van der Waals surface area contributed by atoms with Crippen LogP contribution in [-0.4, -0.2) is 26.8 Å². The van der Waals surface area contributed by atoms with Gasteiger partial charge in [0, 0.05) is 24.9 Å². The number of carboxylic acid groups (broad SMARTS) is 2. The van der Waals surface area contributed by atoms with Gasteiger partial charge in [0.1, 0.15) is 5.38 Å². The van der Waals surface area contributed by atoms with E-state index < -0.39 is 27.2 Å². The van der Waals surface area contributed by atoms with Crippen LogP contribution in [0.1, 0.15) is 79.0 Å². The lowest BCUT2D eigenvalue weighted by Gasteiger charge is -2.17. The van der Waals surface area contributed by atoms with E-state index in [2.05, 4.69) is 18.9 Å². The van der Waals surface area contributed by atoms with Crippen molar-refractivity contribution in [3.63, 3.8) is 0 Å². The van der Waals surface area contributed by atoms with Gasteiger partial charge in [0.15, 0.2) is 4.88 Å². The molecule has 1 atom stereocenters. The van der Waals surface area contributed by atoms with E-state index in [0.717, 1.165) is 36.3 Å². The van der Waals surface area contributed by atoms with Crippen molar-refractivity contribution in [3.05, 3.63) is 51.5 Å². The van der Waals surface area contributed by atoms with Crippen LogP contribution in [0.4, 0.5) is 0 Å². The van der Waals surface area contributed by atoms with E-state index >= 15 is 0 Å². The first-order valence-electron chi connectivity index (χ1n) is 10.7. The Bertz CT molecular complexity index is 933. The zero-order valence-corrected chi connectivity index (χ0v) is 18.5. The lowest BCUT2D eigenvalue weighted by atomic mass is 10.0. The van der Waals surface area contributed by atoms with Crippen molar-refractivity contribution in [2.24, 2.45) is 0 Å². The minimum absolute atomic E-state index is 0.153. The first kappa shape index (κ1) is 22.3. The lowest BCUT2D eigenvalue weighted by Crippen LogP contribution is -2.29. The molecule has 0 radical (unpaired) electrons. The summed E-state index contributed by atoms with van der Waals surface area (Å²) in [5.41, 5.74) is 1.65. The molecule has 7 heteroatoms. The Morgan fingerprint density at radius 1 is 1.23 bits per heavy atom. The van der Waals surface area contributed by atoms with Crippen LogP contribution in [0.25, 0.3) is 0 Å². The van der Waals surface area contributed by atoms with Crippen LogP contribution in [0.2, 0.25) is 0 Å². The van der Waals surface area contributed by atoms with Crippen LogP contribution >= 0.6 is 10.5 Å². The van der Waals surface area contributed by atoms with Gasteiger partial charge in [-0.3, -0.25) is 4.68 Å². The summed E-state index contributed by atoms with van der Waals surface area (Å²) in [5, 5.41) is 28.7. The Balaban J connectivity index is 2.04. The molecule has 0 bridgehead atoms. The molecule has 1 N–H and O–H groups in total. The molecular formula is C23H30N2O4S. The van der Waals surface area contributed by atoms with Crippen molar-refractivity contribution in [2.45, 2.75) is 76.5 Å². The fourth-order valence-corrected chi connectivity index (χ4v) is 6.57. The molecule has 162 valence electrons. The number of hydrogen-bond donors (Lipinski definition) is 1. The summed E-state index contributed by atoms with van der Waals surface area (Å²) < 4.78 is 0.729. The standard InChI is InChI=1S/C23H30N2O4S/c1-3-5-11-19-18(20(21(26)27)25(24-19)14-6-4-2)16-17-10-9-15-30(17)23(22(28)29)12-7-8-13-23/h7-10,15H,3-6,11-14,16H2,1-2H3,(H-,26,27,28,29). The van der Waals surface area contributed by atoms with E-state index in [-0.39, 0.29) is 5.69 Å². The second-order valence-corrected chi connectivity index (χ2v) is 10.2. The van der Waals surface area contributed by atoms with Gasteiger partial charge in [-0.25, -0.2) is 4.79 Å².